The number of carbonyl (C=O) groups excluding carboxylic acids is 1. The second-order valence-corrected chi connectivity index (χ2v) is 4.39. The Morgan fingerprint density at radius 2 is 2.11 bits per heavy atom. The van der Waals surface area contributed by atoms with Crippen LogP contribution >= 0.6 is 0 Å². The summed E-state index contributed by atoms with van der Waals surface area (Å²) >= 11 is 0. The van der Waals surface area contributed by atoms with Crippen molar-refractivity contribution in [3.63, 3.8) is 0 Å². The van der Waals surface area contributed by atoms with Crippen LogP contribution in [-0.4, -0.2) is 33.1 Å². The first-order chi connectivity index (χ1) is 8.41. The summed E-state index contributed by atoms with van der Waals surface area (Å²) in [5.41, 5.74) is 0.0139. The molecule has 0 saturated carbocycles. The van der Waals surface area contributed by atoms with E-state index in [4.69, 9.17) is 5.11 Å². The number of amides is 1. The first-order valence-electron chi connectivity index (χ1n) is 5.58. The molecular weight excluding hydrogens is 236 g/mol. The minimum atomic E-state index is -1.09. The summed E-state index contributed by atoms with van der Waals surface area (Å²) in [6.07, 6.45) is 2.81. The van der Waals surface area contributed by atoms with Gasteiger partial charge in [0.2, 0.25) is 0 Å². The molecular formula is C12H16N2O4. The molecule has 6 heteroatoms. The monoisotopic (exact) mass is 252 g/mol. The standard InChI is InChI=1S/C12H16N2O4/c1-7(2)5-9(12(17)18)14-11(16)8-3-4-13-6-10(8)15/h3-4,6-7,9,15H,5H2,1-2H3,(H,14,16)(H,17,18)/t9-/m1/s1. The van der Waals surface area contributed by atoms with Crippen LogP contribution in [0.15, 0.2) is 18.5 Å². The van der Waals surface area contributed by atoms with Gasteiger partial charge in [0.1, 0.15) is 11.8 Å². The first-order valence-corrected chi connectivity index (χ1v) is 5.58. The van der Waals surface area contributed by atoms with E-state index in [2.05, 4.69) is 10.3 Å². The zero-order chi connectivity index (χ0) is 13.7. The molecule has 1 atom stereocenters. The molecule has 0 aliphatic rings. The van der Waals surface area contributed by atoms with Gasteiger partial charge in [-0.25, -0.2) is 4.79 Å². The second kappa shape index (κ2) is 6.00. The van der Waals surface area contributed by atoms with Crippen molar-refractivity contribution in [1.82, 2.24) is 10.3 Å². The Morgan fingerprint density at radius 3 is 2.61 bits per heavy atom. The van der Waals surface area contributed by atoms with Crippen molar-refractivity contribution >= 4 is 11.9 Å². The van der Waals surface area contributed by atoms with Gasteiger partial charge in [-0.05, 0) is 18.4 Å². The van der Waals surface area contributed by atoms with Gasteiger partial charge in [-0.2, -0.15) is 0 Å². The summed E-state index contributed by atoms with van der Waals surface area (Å²) in [5, 5.41) is 20.8. The lowest BCUT2D eigenvalue weighted by molar-refractivity contribution is -0.139. The van der Waals surface area contributed by atoms with Crippen LogP contribution in [0, 0.1) is 5.92 Å². The second-order valence-electron chi connectivity index (χ2n) is 4.39. The fourth-order valence-electron chi connectivity index (χ4n) is 1.51. The van der Waals surface area contributed by atoms with E-state index in [1.807, 2.05) is 13.8 Å². The topological polar surface area (TPSA) is 99.5 Å². The van der Waals surface area contributed by atoms with Crippen LogP contribution in [0.5, 0.6) is 5.75 Å². The lowest BCUT2D eigenvalue weighted by Gasteiger charge is -2.16. The number of carboxylic acids is 1. The maximum Gasteiger partial charge on any atom is 0.326 e. The molecule has 0 aliphatic carbocycles. The highest BCUT2D eigenvalue weighted by molar-refractivity contribution is 5.98. The van der Waals surface area contributed by atoms with Crippen molar-refractivity contribution in [2.24, 2.45) is 5.92 Å². The van der Waals surface area contributed by atoms with Crippen molar-refractivity contribution in [1.29, 1.82) is 0 Å². The number of aromatic nitrogens is 1. The van der Waals surface area contributed by atoms with Gasteiger partial charge in [0.25, 0.3) is 5.91 Å². The number of pyridine rings is 1. The zero-order valence-corrected chi connectivity index (χ0v) is 10.3. The Bertz CT molecular complexity index is 445. The van der Waals surface area contributed by atoms with Crippen LogP contribution in [0.2, 0.25) is 0 Å². The lowest BCUT2D eigenvalue weighted by atomic mass is 10.0. The van der Waals surface area contributed by atoms with Gasteiger partial charge in [0.15, 0.2) is 0 Å². The van der Waals surface area contributed by atoms with Crippen LogP contribution in [0.4, 0.5) is 0 Å². The maximum atomic E-state index is 11.8. The van der Waals surface area contributed by atoms with E-state index in [0.29, 0.717) is 6.42 Å². The molecule has 0 unspecified atom stereocenters. The lowest BCUT2D eigenvalue weighted by Crippen LogP contribution is -2.41. The van der Waals surface area contributed by atoms with Crippen molar-refractivity contribution in [3.05, 3.63) is 24.0 Å². The molecule has 1 amide bonds. The third kappa shape index (κ3) is 3.73. The first kappa shape index (κ1) is 14.0. The van der Waals surface area contributed by atoms with Gasteiger partial charge < -0.3 is 15.5 Å². The van der Waals surface area contributed by atoms with E-state index in [9.17, 15) is 14.7 Å². The molecule has 0 fully saturated rings. The molecule has 3 N–H and O–H groups in total. The summed E-state index contributed by atoms with van der Waals surface area (Å²) in [4.78, 5) is 26.4. The Kier molecular flexibility index (Phi) is 4.65. The molecule has 0 bridgehead atoms. The average Bonchev–Trinajstić information content (AvgIpc) is 2.27. The molecule has 6 nitrogen and oxygen atoms in total. The van der Waals surface area contributed by atoms with E-state index in [-0.39, 0.29) is 17.2 Å². The Labute approximate surface area is 105 Å². The maximum absolute atomic E-state index is 11.8. The number of hydrogen-bond donors (Lipinski definition) is 3. The molecule has 18 heavy (non-hydrogen) atoms. The summed E-state index contributed by atoms with van der Waals surface area (Å²) in [6, 6.07) is 0.365. The van der Waals surface area contributed by atoms with E-state index < -0.39 is 17.9 Å². The normalized spacial score (nSPS) is 12.2. The number of nitrogens with zero attached hydrogens (tertiary/aromatic N) is 1. The molecule has 1 rings (SSSR count). The molecule has 0 aromatic carbocycles. The third-order valence-corrected chi connectivity index (χ3v) is 2.36. The number of hydrogen-bond acceptors (Lipinski definition) is 4. The van der Waals surface area contributed by atoms with E-state index in [1.165, 1.54) is 12.3 Å². The number of carbonyl (C=O) groups is 2. The number of aliphatic carboxylic acids is 1. The van der Waals surface area contributed by atoms with Crippen LogP contribution in [0.25, 0.3) is 0 Å². The smallest absolute Gasteiger partial charge is 0.326 e. The third-order valence-electron chi connectivity index (χ3n) is 2.36. The predicted octanol–water partition coefficient (Wildman–Crippen LogP) is 1.02. The number of nitrogens with one attached hydrogen (secondary N) is 1. The Hall–Kier alpha value is -2.11. The van der Waals surface area contributed by atoms with Gasteiger partial charge in [0.05, 0.1) is 11.8 Å². The van der Waals surface area contributed by atoms with Gasteiger partial charge in [0, 0.05) is 6.20 Å². The molecule has 0 saturated heterocycles. The van der Waals surface area contributed by atoms with Gasteiger partial charge in [-0.15, -0.1) is 0 Å². The molecule has 0 radical (unpaired) electrons. The van der Waals surface area contributed by atoms with Crippen molar-refractivity contribution in [2.75, 3.05) is 0 Å². The van der Waals surface area contributed by atoms with Crippen LogP contribution in [0.1, 0.15) is 30.6 Å². The summed E-state index contributed by atoms with van der Waals surface area (Å²) in [5.74, 6) is -1.85. The zero-order valence-electron chi connectivity index (χ0n) is 10.3. The minimum absolute atomic E-state index is 0.0139. The van der Waals surface area contributed by atoms with E-state index >= 15 is 0 Å². The van der Waals surface area contributed by atoms with Crippen LogP contribution < -0.4 is 5.32 Å². The van der Waals surface area contributed by atoms with Crippen molar-refractivity contribution in [2.45, 2.75) is 26.3 Å². The van der Waals surface area contributed by atoms with E-state index in [0.717, 1.165) is 6.20 Å². The SMILES string of the molecule is CC(C)C[C@@H](NC(=O)c1ccncc1O)C(=O)O. The number of rotatable bonds is 5. The highest BCUT2D eigenvalue weighted by Crippen LogP contribution is 2.14. The quantitative estimate of drug-likeness (QED) is 0.726. The molecule has 1 aromatic heterocycles. The van der Waals surface area contributed by atoms with Crippen molar-refractivity contribution in [3.8, 4) is 5.75 Å². The largest absolute Gasteiger partial charge is 0.505 e. The summed E-state index contributed by atoms with van der Waals surface area (Å²) in [6.45, 7) is 3.73. The molecule has 1 aromatic rings. The Balaban J connectivity index is 2.79. The number of aromatic hydroxyl groups is 1. The highest BCUT2D eigenvalue weighted by Gasteiger charge is 2.22. The molecule has 0 aliphatic heterocycles. The average molecular weight is 252 g/mol. The van der Waals surface area contributed by atoms with E-state index in [1.54, 1.807) is 0 Å². The van der Waals surface area contributed by atoms with Crippen LogP contribution in [-0.2, 0) is 4.79 Å². The molecule has 0 spiro atoms. The van der Waals surface area contributed by atoms with Gasteiger partial charge >= 0.3 is 5.97 Å². The molecule has 98 valence electrons. The van der Waals surface area contributed by atoms with Crippen LogP contribution in [0.3, 0.4) is 0 Å². The highest BCUT2D eigenvalue weighted by atomic mass is 16.4. The number of carboxylic acid groups (broad SMARTS) is 1. The fraction of sp³-hybridized carbons (Fsp3) is 0.417. The van der Waals surface area contributed by atoms with Gasteiger partial charge in [-0.3, -0.25) is 9.78 Å². The minimum Gasteiger partial charge on any atom is -0.505 e. The van der Waals surface area contributed by atoms with Gasteiger partial charge in [-0.1, -0.05) is 13.8 Å². The fourth-order valence-corrected chi connectivity index (χ4v) is 1.51. The predicted molar refractivity (Wildman–Crippen MR) is 64.2 cm³/mol. The Morgan fingerprint density at radius 1 is 1.44 bits per heavy atom. The summed E-state index contributed by atoms with van der Waals surface area (Å²) < 4.78 is 0. The molecule has 1 heterocycles. The van der Waals surface area contributed by atoms with Crippen molar-refractivity contribution < 1.29 is 19.8 Å². The summed E-state index contributed by atoms with van der Waals surface area (Å²) in [7, 11) is 0.